The Morgan fingerprint density at radius 1 is 1.31 bits per heavy atom. The summed E-state index contributed by atoms with van der Waals surface area (Å²) < 4.78 is 5.22. The molecule has 0 saturated carbocycles. The third-order valence-electron chi connectivity index (χ3n) is 2.60. The van der Waals surface area contributed by atoms with Gasteiger partial charge in [-0.15, -0.1) is 0 Å². The van der Waals surface area contributed by atoms with Crippen molar-refractivity contribution < 1.29 is 14.9 Å². The molecule has 0 fully saturated rings. The van der Waals surface area contributed by atoms with E-state index in [0.717, 1.165) is 5.56 Å². The normalized spacial score (nSPS) is 16.8. The molecule has 0 amide bonds. The predicted molar refractivity (Wildman–Crippen MR) is 62.9 cm³/mol. The summed E-state index contributed by atoms with van der Waals surface area (Å²) in [5.41, 5.74) is 7.43. The van der Waals surface area contributed by atoms with Crippen LogP contribution in [0.15, 0.2) is 24.3 Å². The monoisotopic (exact) mass is 225 g/mol. The molecule has 4 heteroatoms. The van der Waals surface area contributed by atoms with Crippen molar-refractivity contribution in [3.63, 3.8) is 0 Å². The molecule has 0 aliphatic rings. The lowest BCUT2D eigenvalue weighted by atomic mass is 9.94. The zero-order valence-corrected chi connectivity index (χ0v) is 9.63. The van der Waals surface area contributed by atoms with Crippen LogP contribution in [0.4, 0.5) is 5.69 Å². The summed E-state index contributed by atoms with van der Waals surface area (Å²) in [6, 6.07) is 7.45. The van der Waals surface area contributed by atoms with Gasteiger partial charge in [-0.05, 0) is 18.6 Å². The van der Waals surface area contributed by atoms with Gasteiger partial charge in [0.25, 0.3) is 0 Å². The second kappa shape index (κ2) is 5.84. The average Bonchev–Trinajstić information content (AvgIpc) is 2.25. The van der Waals surface area contributed by atoms with Crippen LogP contribution in [0.1, 0.15) is 25.3 Å². The van der Waals surface area contributed by atoms with Crippen molar-refractivity contribution in [2.24, 2.45) is 0 Å². The second-order valence-corrected chi connectivity index (χ2v) is 3.87. The van der Waals surface area contributed by atoms with Crippen LogP contribution in [-0.2, 0) is 4.74 Å². The third-order valence-corrected chi connectivity index (χ3v) is 2.60. The van der Waals surface area contributed by atoms with Crippen molar-refractivity contribution in [2.75, 3.05) is 12.3 Å². The molecule has 0 bridgehead atoms. The number of hydrogen-bond acceptors (Lipinski definition) is 4. The van der Waals surface area contributed by atoms with Gasteiger partial charge < -0.3 is 20.7 Å². The first kappa shape index (κ1) is 13.0. The molecule has 1 rings (SSSR count). The third kappa shape index (κ3) is 3.20. The van der Waals surface area contributed by atoms with Crippen molar-refractivity contribution in [1.29, 1.82) is 0 Å². The number of anilines is 1. The van der Waals surface area contributed by atoms with Gasteiger partial charge in [0.05, 0.1) is 12.7 Å². The Morgan fingerprint density at radius 3 is 2.44 bits per heavy atom. The predicted octanol–water partition coefficient (Wildman–Crippen LogP) is 1.09. The molecule has 0 spiro atoms. The molecule has 0 radical (unpaired) electrons. The van der Waals surface area contributed by atoms with E-state index in [2.05, 4.69) is 0 Å². The van der Waals surface area contributed by atoms with Gasteiger partial charge in [-0.25, -0.2) is 0 Å². The lowest BCUT2D eigenvalue weighted by Crippen LogP contribution is -2.28. The van der Waals surface area contributed by atoms with E-state index in [1.165, 1.54) is 6.92 Å². The molecule has 4 nitrogen and oxygen atoms in total. The van der Waals surface area contributed by atoms with E-state index >= 15 is 0 Å². The molecule has 90 valence electrons. The summed E-state index contributed by atoms with van der Waals surface area (Å²) in [4.78, 5) is 0. The first-order valence-corrected chi connectivity index (χ1v) is 5.35. The summed E-state index contributed by atoms with van der Waals surface area (Å²) in [7, 11) is 0. The van der Waals surface area contributed by atoms with E-state index in [0.29, 0.717) is 5.69 Å². The number of nitrogens with two attached hydrogens (primary N) is 1. The summed E-state index contributed by atoms with van der Waals surface area (Å²) in [6.07, 6.45) is -1.35. The topological polar surface area (TPSA) is 75.7 Å². The molecule has 0 aromatic heterocycles. The van der Waals surface area contributed by atoms with Gasteiger partial charge in [0, 0.05) is 11.6 Å². The Labute approximate surface area is 95.7 Å². The Balaban J connectivity index is 2.82. The largest absolute Gasteiger partial charge is 0.398 e. The van der Waals surface area contributed by atoms with Crippen molar-refractivity contribution in [3.05, 3.63) is 29.8 Å². The first-order chi connectivity index (χ1) is 7.56. The molecule has 3 unspecified atom stereocenters. The fraction of sp³-hybridized carbons (Fsp3) is 0.500. The van der Waals surface area contributed by atoms with Crippen LogP contribution in [0.2, 0.25) is 0 Å². The van der Waals surface area contributed by atoms with Crippen molar-refractivity contribution in [2.45, 2.75) is 32.2 Å². The molecule has 3 atom stereocenters. The molecule has 1 aromatic carbocycles. The standard InChI is InChI=1S/C12H19NO3/c1-8(12(7-14)16-9(2)15)10-5-3-4-6-11(10)13/h3-6,8-9,12,14-15H,7,13H2,1-2H3. The Hall–Kier alpha value is -1.10. The number of para-hydroxylation sites is 1. The van der Waals surface area contributed by atoms with Crippen LogP contribution in [0, 0.1) is 0 Å². The van der Waals surface area contributed by atoms with Gasteiger partial charge in [-0.1, -0.05) is 25.1 Å². The van der Waals surface area contributed by atoms with Gasteiger partial charge in [-0.2, -0.15) is 0 Å². The van der Waals surface area contributed by atoms with E-state index < -0.39 is 12.4 Å². The fourth-order valence-corrected chi connectivity index (χ4v) is 1.70. The minimum atomic E-state index is -0.899. The summed E-state index contributed by atoms with van der Waals surface area (Å²) in [5.74, 6) is -0.0687. The minimum Gasteiger partial charge on any atom is -0.398 e. The van der Waals surface area contributed by atoms with E-state index in [-0.39, 0.29) is 12.5 Å². The lowest BCUT2D eigenvalue weighted by Gasteiger charge is -2.25. The number of rotatable bonds is 5. The fourth-order valence-electron chi connectivity index (χ4n) is 1.70. The summed E-state index contributed by atoms with van der Waals surface area (Å²) in [6.45, 7) is 3.28. The number of benzene rings is 1. The van der Waals surface area contributed by atoms with Crippen LogP contribution >= 0.6 is 0 Å². The highest BCUT2D eigenvalue weighted by Crippen LogP contribution is 2.26. The summed E-state index contributed by atoms with van der Waals surface area (Å²) >= 11 is 0. The van der Waals surface area contributed by atoms with Gasteiger partial charge in [0.2, 0.25) is 0 Å². The quantitative estimate of drug-likeness (QED) is 0.518. The van der Waals surface area contributed by atoms with Gasteiger partial charge in [-0.3, -0.25) is 0 Å². The van der Waals surface area contributed by atoms with Crippen molar-refractivity contribution in [3.8, 4) is 0 Å². The highest BCUT2D eigenvalue weighted by molar-refractivity contribution is 5.48. The van der Waals surface area contributed by atoms with Crippen molar-refractivity contribution >= 4 is 5.69 Å². The van der Waals surface area contributed by atoms with Crippen LogP contribution in [-0.4, -0.2) is 29.2 Å². The number of aliphatic hydroxyl groups is 2. The number of aliphatic hydroxyl groups excluding tert-OH is 2. The Morgan fingerprint density at radius 2 is 1.94 bits per heavy atom. The maximum atomic E-state index is 9.22. The van der Waals surface area contributed by atoms with Crippen LogP contribution in [0.25, 0.3) is 0 Å². The molecule has 1 aromatic rings. The molecule has 16 heavy (non-hydrogen) atoms. The molecule has 0 saturated heterocycles. The average molecular weight is 225 g/mol. The zero-order chi connectivity index (χ0) is 12.1. The molecule has 0 aliphatic heterocycles. The molecule has 0 aliphatic carbocycles. The van der Waals surface area contributed by atoms with E-state index in [1.54, 1.807) is 0 Å². The van der Waals surface area contributed by atoms with Crippen LogP contribution < -0.4 is 5.73 Å². The molecular weight excluding hydrogens is 206 g/mol. The minimum absolute atomic E-state index is 0.0687. The van der Waals surface area contributed by atoms with Crippen LogP contribution in [0.3, 0.4) is 0 Å². The lowest BCUT2D eigenvalue weighted by molar-refractivity contribution is -0.141. The Bertz CT molecular complexity index is 328. The SMILES string of the molecule is CC(O)OC(CO)C(C)c1ccccc1N. The molecule has 0 heterocycles. The van der Waals surface area contributed by atoms with Gasteiger partial charge in [0.15, 0.2) is 6.29 Å². The zero-order valence-electron chi connectivity index (χ0n) is 9.63. The summed E-state index contributed by atoms with van der Waals surface area (Å²) in [5, 5.41) is 18.4. The number of ether oxygens (including phenoxy) is 1. The maximum absolute atomic E-state index is 9.22. The maximum Gasteiger partial charge on any atom is 0.152 e. The Kier molecular flexibility index (Phi) is 4.73. The second-order valence-electron chi connectivity index (χ2n) is 3.87. The first-order valence-electron chi connectivity index (χ1n) is 5.35. The van der Waals surface area contributed by atoms with Gasteiger partial charge >= 0.3 is 0 Å². The van der Waals surface area contributed by atoms with Crippen LogP contribution in [0.5, 0.6) is 0 Å². The number of hydrogen-bond donors (Lipinski definition) is 3. The van der Waals surface area contributed by atoms with Gasteiger partial charge in [0.1, 0.15) is 0 Å². The highest BCUT2D eigenvalue weighted by atomic mass is 16.6. The highest BCUT2D eigenvalue weighted by Gasteiger charge is 2.21. The van der Waals surface area contributed by atoms with Crippen molar-refractivity contribution in [1.82, 2.24) is 0 Å². The molecule has 4 N–H and O–H groups in total. The number of nitrogen functional groups attached to an aromatic ring is 1. The molecular formula is C12H19NO3. The van der Waals surface area contributed by atoms with E-state index in [1.807, 2.05) is 31.2 Å². The van der Waals surface area contributed by atoms with E-state index in [4.69, 9.17) is 15.6 Å². The van der Waals surface area contributed by atoms with E-state index in [9.17, 15) is 5.11 Å². The smallest absolute Gasteiger partial charge is 0.152 e.